The summed E-state index contributed by atoms with van der Waals surface area (Å²) in [5.41, 5.74) is 0. The number of aliphatic carboxylic acids is 1. The number of nitrogens with zero attached hydrogens (tertiary/aromatic N) is 1. The second kappa shape index (κ2) is 7.94. The SMILES string of the molecule is C=CCOCCCC(=O)N1CCC(C)CC1C(=O)O. The Morgan fingerprint density at radius 3 is 2.89 bits per heavy atom. The number of hydrogen-bond donors (Lipinski definition) is 1. The Bertz CT molecular complexity index is 329. The highest BCUT2D eigenvalue weighted by molar-refractivity contribution is 5.83. The fourth-order valence-electron chi connectivity index (χ4n) is 2.31. The van der Waals surface area contributed by atoms with Crippen molar-refractivity contribution in [2.45, 2.75) is 38.6 Å². The van der Waals surface area contributed by atoms with Gasteiger partial charge < -0.3 is 14.7 Å². The van der Waals surface area contributed by atoms with Gasteiger partial charge in [-0.1, -0.05) is 13.0 Å². The van der Waals surface area contributed by atoms with Gasteiger partial charge in [-0.05, 0) is 25.2 Å². The van der Waals surface area contributed by atoms with Crippen LogP contribution in [-0.4, -0.2) is 47.7 Å². The molecule has 1 rings (SSSR count). The monoisotopic (exact) mass is 269 g/mol. The molecule has 0 aromatic carbocycles. The Morgan fingerprint density at radius 2 is 2.26 bits per heavy atom. The summed E-state index contributed by atoms with van der Waals surface area (Å²) in [6.07, 6.45) is 4.05. The first-order valence-electron chi connectivity index (χ1n) is 6.77. The van der Waals surface area contributed by atoms with E-state index in [0.717, 1.165) is 6.42 Å². The van der Waals surface area contributed by atoms with Crippen LogP contribution in [0.4, 0.5) is 0 Å². The number of carbonyl (C=O) groups is 2. The first kappa shape index (κ1) is 15.7. The van der Waals surface area contributed by atoms with E-state index >= 15 is 0 Å². The molecule has 1 fully saturated rings. The van der Waals surface area contributed by atoms with Gasteiger partial charge in [-0.25, -0.2) is 4.79 Å². The highest BCUT2D eigenvalue weighted by Crippen LogP contribution is 2.23. The predicted molar refractivity (Wildman–Crippen MR) is 71.8 cm³/mol. The number of carbonyl (C=O) groups excluding carboxylic acids is 1. The molecule has 2 unspecified atom stereocenters. The lowest BCUT2D eigenvalue weighted by Crippen LogP contribution is -2.49. The molecule has 0 spiro atoms. The van der Waals surface area contributed by atoms with E-state index < -0.39 is 12.0 Å². The van der Waals surface area contributed by atoms with Crippen LogP contribution in [0.1, 0.15) is 32.6 Å². The number of amides is 1. The summed E-state index contributed by atoms with van der Waals surface area (Å²) >= 11 is 0. The van der Waals surface area contributed by atoms with Gasteiger partial charge in [-0.2, -0.15) is 0 Å². The topological polar surface area (TPSA) is 66.8 Å². The van der Waals surface area contributed by atoms with Gasteiger partial charge in [0.25, 0.3) is 0 Å². The molecular formula is C14H23NO4. The normalized spacial score (nSPS) is 23.1. The molecule has 19 heavy (non-hydrogen) atoms. The summed E-state index contributed by atoms with van der Waals surface area (Å²) in [5.74, 6) is -0.620. The summed E-state index contributed by atoms with van der Waals surface area (Å²) in [6, 6.07) is -0.662. The van der Waals surface area contributed by atoms with Crippen LogP contribution < -0.4 is 0 Å². The minimum atomic E-state index is -0.900. The van der Waals surface area contributed by atoms with Crippen LogP contribution in [0.15, 0.2) is 12.7 Å². The van der Waals surface area contributed by atoms with Crippen molar-refractivity contribution < 1.29 is 19.4 Å². The highest BCUT2D eigenvalue weighted by atomic mass is 16.5. The predicted octanol–water partition coefficient (Wildman–Crippen LogP) is 1.68. The lowest BCUT2D eigenvalue weighted by molar-refractivity contribution is -0.153. The molecule has 1 aliphatic heterocycles. The number of carboxylic acid groups (broad SMARTS) is 1. The van der Waals surface area contributed by atoms with E-state index in [1.54, 1.807) is 6.08 Å². The Kier molecular flexibility index (Phi) is 6.56. The summed E-state index contributed by atoms with van der Waals surface area (Å²) < 4.78 is 5.21. The zero-order valence-electron chi connectivity index (χ0n) is 11.5. The minimum absolute atomic E-state index is 0.0819. The molecule has 0 saturated carbocycles. The Balaban J connectivity index is 2.40. The van der Waals surface area contributed by atoms with Crippen LogP contribution in [-0.2, 0) is 14.3 Å². The Morgan fingerprint density at radius 1 is 1.53 bits per heavy atom. The van der Waals surface area contributed by atoms with Crippen molar-refractivity contribution in [3.8, 4) is 0 Å². The number of rotatable bonds is 7. The third-order valence-electron chi connectivity index (χ3n) is 3.39. The fourth-order valence-corrected chi connectivity index (χ4v) is 2.31. The van der Waals surface area contributed by atoms with Crippen molar-refractivity contribution in [3.05, 3.63) is 12.7 Å². The van der Waals surface area contributed by atoms with E-state index in [9.17, 15) is 14.7 Å². The average Bonchev–Trinajstić information content (AvgIpc) is 2.38. The second-order valence-corrected chi connectivity index (χ2v) is 5.04. The number of likely N-dealkylation sites (tertiary alicyclic amines) is 1. The first-order valence-corrected chi connectivity index (χ1v) is 6.77. The van der Waals surface area contributed by atoms with Gasteiger partial charge in [-0.3, -0.25) is 4.79 Å². The number of ether oxygens (including phenoxy) is 1. The molecule has 0 bridgehead atoms. The van der Waals surface area contributed by atoms with E-state index in [2.05, 4.69) is 6.58 Å². The van der Waals surface area contributed by atoms with Crippen LogP contribution in [0.3, 0.4) is 0 Å². The quantitative estimate of drug-likeness (QED) is 0.564. The molecule has 0 aromatic rings. The van der Waals surface area contributed by atoms with Crippen LogP contribution in [0.2, 0.25) is 0 Å². The van der Waals surface area contributed by atoms with E-state index in [1.807, 2.05) is 6.92 Å². The van der Waals surface area contributed by atoms with Crippen LogP contribution in [0.25, 0.3) is 0 Å². The maximum absolute atomic E-state index is 12.0. The molecule has 5 heteroatoms. The number of carboxylic acids is 1. The van der Waals surface area contributed by atoms with Crippen molar-refractivity contribution in [3.63, 3.8) is 0 Å². The Labute approximate surface area is 114 Å². The van der Waals surface area contributed by atoms with Crippen molar-refractivity contribution in [2.75, 3.05) is 19.8 Å². The van der Waals surface area contributed by atoms with Gasteiger partial charge in [0, 0.05) is 19.6 Å². The van der Waals surface area contributed by atoms with Crippen molar-refractivity contribution in [1.82, 2.24) is 4.90 Å². The van der Waals surface area contributed by atoms with Crippen LogP contribution in [0, 0.1) is 5.92 Å². The molecule has 1 N–H and O–H groups in total. The summed E-state index contributed by atoms with van der Waals surface area (Å²) in [7, 11) is 0. The Hall–Kier alpha value is -1.36. The molecule has 1 aliphatic rings. The largest absolute Gasteiger partial charge is 0.480 e. The highest BCUT2D eigenvalue weighted by Gasteiger charge is 2.34. The van der Waals surface area contributed by atoms with Crippen molar-refractivity contribution >= 4 is 11.9 Å². The van der Waals surface area contributed by atoms with Gasteiger partial charge in [-0.15, -0.1) is 6.58 Å². The van der Waals surface area contributed by atoms with Gasteiger partial charge in [0.1, 0.15) is 6.04 Å². The van der Waals surface area contributed by atoms with E-state index in [-0.39, 0.29) is 5.91 Å². The second-order valence-electron chi connectivity index (χ2n) is 5.04. The average molecular weight is 269 g/mol. The van der Waals surface area contributed by atoms with Gasteiger partial charge in [0.2, 0.25) is 5.91 Å². The van der Waals surface area contributed by atoms with Crippen LogP contribution >= 0.6 is 0 Å². The van der Waals surface area contributed by atoms with Gasteiger partial charge in [0.05, 0.1) is 6.61 Å². The summed E-state index contributed by atoms with van der Waals surface area (Å²) in [5, 5.41) is 9.19. The maximum atomic E-state index is 12.0. The number of piperidine rings is 1. The standard InChI is InChI=1S/C14H23NO4/c1-3-8-19-9-4-5-13(16)15-7-6-11(2)10-12(15)14(17)18/h3,11-12H,1,4-10H2,2H3,(H,17,18). The fraction of sp³-hybridized carbons (Fsp3) is 0.714. The van der Waals surface area contributed by atoms with Gasteiger partial charge in [0.15, 0.2) is 0 Å². The molecule has 1 amide bonds. The molecule has 1 heterocycles. The zero-order valence-corrected chi connectivity index (χ0v) is 11.5. The molecule has 0 radical (unpaired) electrons. The smallest absolute Gasteiger partial charge is 0.326 e. The minimum Gasteiger partial charge on any atom is -0.480 e. The molecule has 0 aromatic heterocycles. The molecule has 1 saturated heterocycles. The summed E-state index contributed by atoms with van der Waals surface area (Å²) in [4.78, 5) is 24.7. The van der Waals surface area contributed by atoms with Crippen molar-refractivity contribution in [2.24, 2.45) is 5.92 Å². The molecule has 5 nitrogen and oxygen atoms in total. The zero-order chi connectivity index (χ0) is 14.3. The molecule has 2 atom stereocenters. The van der Waals surface area contributed by atoms with Crippen LogP contribution in [0.5, 0.6) is 0 Å². The molecule has 0 aliphatic carbocycles. The lowest BCUT2D eigenvalue weighted by atomic mass is 9.92. The third-order valence-corrected chi connectivity index (χ3v) is 3.39. The lowest BCUT2D eigenvalue weighted by Gasteiger charge is -2.36. The first-order chi connectivity index (χ1) is 9.06. The summed E-state index contributed by atoms with van der Waals surface area (Å²) in [6.45, 7) is 7.09. The maximum Gasteiger partial charge on any atom is 0.326 e. The van der Waals surface area contributed by atoms with E-state index in [4.69, 9.17) is 4.74 Å². The molecule has 108 valence electrons. The number of hydrogen-bond acceptors (Lipinski definition) is 3. The van der Waals surface area contributed by atoms with E-state index in [1.165, 1.54) is 4.90 Å². The molecular weight excluding hydrogens is 246 g/mol. The van der Waals surface area contributed by atoms with Gasteiger partial charge >= 0.3 is 5.97 Å². The van der Waals surface area contributed by atoms with E-state index in [0.29, 0.717) is 44.9 Å². The third kappa shape index (κ3) is 5.03. The van der Waals surface area contributed by atoms with Crippen molar-refractivity contribution in [1.29, 1.82) is 0 Å².